The number of rotatable bonds is 3. The lowest BCUT2D eigenvalue weighted by Crippen LogP contribution is -2.28. The molecule has 0 spiro atoms. The Morgan fingerprint density at radius 1 is 1.27 bits per heavy atom. The first-order valence-electron chi connectivity index (χ1n) is 4.87. The highest BCUT2D eigenvalue weighted by Gasteiger charge is 2.14. The van der Waals surface area contributed by atoms with Crippen LogP contribution in [0.25, 0.3) is 0 Å². The van der Waals surface area contributed by atoms with Gasteiger partial charge in [-0.15, -0.1) is 0 Å². The summed E-state index contributed by atoms with van der Waals surface area (Å²) in [5.41, 5.74) is 5.07. The van der Waals surface area contributed by atoms with Gasteiger partial charge in [0, 0.05) is 0 Å². The van der Waals surface area contributed by atoms with Gasteiger partial charge in [-0.2, -0.15) is 0 Å². The molecular formula is C12H14N2O. The Kier molecular flexibility index (Phi) is 2.85. The average molecular weight is 202 g/mol. The molecule has 0 saturated carbocycles. The summed E-state index contributed by atoms with van der Waals surface area (Å²) in [7, 11) is 0. The molecule has 3 heteroatoms. The number of hydrogen-bond donors (Lipinski definition) is 2. The maximum Gasteiger partial charge on any atom is 0.126 e. The first-order chi connectivity index (χ1) is 7.31. The molecule has 1 aromatic heterocycles. The Hall–Kier alpha value is -1.58. The van der Waals surface area contributed by atoms with Gasteiger partial charge in [0.1, 0.15) is 11.8 Å². The van der Waals surface area contributed by atoms with E-state index >= 15 is 0 Å². The number of benzene rings is 1. The van der Waals surface area contributed by atoms with Crippen molar-refractivity contribution < 1.29 is 4.42 Å². The molecule has 78 valence electrons. The topological polar surface area (TPSA) is 51.2 Å². The van der Waals surface area contributed by atoms with E-state index in [1.807, 2.05) is 24.3 Å². The van der Waals surface area contributed by atoms with Crippen LogP contribution in [-0.2, 0) is 0 Å². The van der Waals surface area contributed by atoms with Crippen LogP contribution in [0.4, 0.5) is 0 Å². The molecular weight excluding hydrogens is 188 g/mol. The van der Waals surface area contributed by atoms with Crippen molar-refractivity contribution in [3.63, 3.8) is 0 Å². The molecule has 0 amide bonds. The van der Waals surface area contributed by atoms with Crippen LogP contribution >= 0.6 is 0 Å². The van der Waals surface area contributed by atoms with Crippen LogP contribution in [0.15, 0.2) is 47.1 Å². The Morgan fingerprint density at radius 2 is 2.13 bits per heavy atom. The van der Waals surface area contributed by atoms with Gasteiger partial charge in [0.05, 0.1) is 6.26 Å². The molecule has 1 aromatic carbocycles. The smallest absolute Gasteiger partial charge is 0.126 e. The number of nitrogens with two attached hydrogens (primary N) is 1. The Balaban J connectivity index is 2.35. The van der Waals surface area contributed by atoms with Crippen LogP contribution in [0.3, 0.4) is 0 Å². The van der Waals surface area contributed by atoms with Gasteiger partial charge in [0.25, 0.3) is 0 Å². The van der Waals surface area contributed by atoms with Crippen molar-refractivity contribution in [1.29, 1.82) is 0 Å². The highest BCUT2D eigenvalue weighted by Crippen LogP contribution is 2.22. The van der Waals surface area contributed by atoms with Crippen molar-refractivity contribution in [3.05, 3.63) is 59.5 Å². The van der Waals surface area contributed by atoms with Crippen LogP contribution in [0.2, 0.25) is 0 Å². The third-order valence-corrected chi connectivity index (χ3v) is 2.37. The molecule has 15 heavy (non-hydrogen) atoms. The second kappa shape index (κ2) is 4.29. The Labute approximate surface area is 88.9 Å². The molecule has 0 aliphatic heterocycles. The fraction of sp³-hybridized carbons (Fsp3) is 0.167. The summed E-state index contributed by atoms with van der Waals surface area (Å²) >= 11 is 0. The highest BCUT2D eigenvalue weighted by molar-refractivity contribution is 5.29. The zero-order valence-electron chi connectivity index (χ0n) is 8.60. The van der Waals surface area contributed by atoms with E-state index in [2.05, 4.69) is 24.5 Å². The lowest BCUT2D eigenvalue weighted by atomic mass is 10.0. The van der Waals surface area contributed by atoms with Crippen molar-refractivity contribution in [2.24, 2.45) is 5.84 Å². The molecule has 0 aliphatic rings. The third-order valence-electron chi connectivity index (χ3n) is 2.37. The van der Waals surface area contributed by atoms with Crippen LogP contribution in [0, 0.1) is 6.92 Å². The molecule has 3 nitrogen and oxygen atoms in total. The minimum Gasteiger partial charge on any atom is -0.467 e. The maximum absolute atomic E-state index is 5.54. The second-order valence-electron chi connectivity index (χ2n) is 3.53. The summed E-state index contributed by atoms with van der Waals surface area (Å²) in [5, 5.41) is 0. The Bertz CT molecular complexity index is 423. The van der Waals surface area contributed by atoms with Gasteiger partial charge >= 0.3 is 0 Å². The quantitative estimate of drug-likeness (QED) is 0.592. The summed E-state index contributed by atoms with van der Waals surface area (Å²) in [6.07, 6.45) is 1.65. The lowest BCUT2D eigenvalue weighted by Gasteiger charge is -2.14. The summed E-state index contributed by atoms with van der Waals surface area (Å²) in [4.78, 5) is 0. The normalized spacial score (nSPS) is 12.7. The van der Waals surface area contributed by atoms with Crippen molar-refractivity contribution in [2.45, 2.75) is 13.0 Å². The van der Waals surface area contributed by atoms with Gasteiger partial charge in [-0.25, -0.2) is 5.43 Å². The molecule has 1 unspecified atom stereocenters. The van der Waals surface area contributed by atoms with Crippen LogP contribution < -0.4 is 11.3 Å². The number of hydrogen-bond acceptors (Lipinski definition) is 3. The monoisotopic (exact) mass is 202 g/mol. The fourth-order valence-corrected chi connectivity index (χ4v) is 1.65. The molecule has 0 fully saturated rings. The van der Waals surface area contributed by atoms with E-state index in [0.29, 0.717) is 0 Å². The first kappa shape index (κ1) is 9.96. The molecule has 1 heterocycles. The molecule has 0 aliphatic carbocycles. The molecule has 1 atom stereocenters. The van der Waals surface area contributed by atoms with Gasteiger partial charge in [0.2, 0.25) is 0 Å². The van der Waals surface area contributed by atoms with Gasteiger partial charge in [-0.1, -0.05) is 29.8 Å². The van der Waals surface area contributed by atoms with E-state index in [-0.39, 0.29) is 6.04 Å². The van der Waals surface area contributed by atoms with E-state index in [1.54, 1.807) is 6.26 Å². The summed E-state index contributed by atoms with van der Waals surface area (Å²) in [5.74, 6) is 6.36. The zero-order chi connectivity index (χ0) is 10.7. The van der Waals surface area contributed by atoms with Crippen LogP contribution in [-0.4, -0.2) is 0 Å². The van der Waals surface area contributed by atoms with Crippen LogP contribution in [0.5, 0.6) is 0 Å². The predicted octanol–water partition coefficient (Wildman–Crippen LogP) is 2.14. The van der Waals surface area contributed by atoms with Gasteiger partial charge in [-0.3, -0.25) is 5.84 Å². The molecule has 0 saturated heterocycles. The maximum atomic E-state index is 5.54. The average Bonchev–Trinajstić information content (AvgIpc) is 2.72. The first-order valence-corrected chi connectivity index (χ1v) is 4.87. The molecule has 0 bridgehead atoms. The van der Waals surface area contributed by atoms with Crippen LogP contribution in [0.1, 0.15) is 22.9 Å². The van der Waals surface area contributed by atoms with Crippen molar-refractivity contribution in [1.82, 2.24) is 5.43 Å². The molecule has 3 N–H and O–H groups in total. The van der Waals surface area contributed by atoms with E-state index in [9.17, 15) is 0 Å². The van der Waals surface area contributed by atoms with Gasteiger partial charge in [0.15, 0.2) is 0 Å². The zero-order valence-corrected chi connectivity index (χ0v) is 8.60. The SMILES string of the molecule is Cc1cccc(C(NN)c2ccco2)c1. The number of aryl methyl sites for hydroxylation is 1. The molecule has 0 radical (unpaired) electrons. The van der Waals surface area contributed by atoms with Gasteiger partial charge < -0.3 is 4.42 Å². The fourth-order valence-electron chi connectivity index (χ4n) is 1.65. The second-order valence-corrected chi connectivity index (χ2v) is 3.53. The standard InChI is InChI=1S/C12H14N2O/c1-9-4-2-5-10(8-9)12(14-13)11-6-3-7-15-11/h2-8,12,14H,13H2,1H3. The molecule has 2 aromatic rings. The number of hydrazine groups is 1. The minimum absolute atomic E-state index is 0.0834. The van der Waals surface area contributed by atoms with Gasteiger partial charge in [-0.05, 0) is 24.6 Å². The van der Waals surface area contributed by atoms with E-state index in [0.717, 1.165) is 11.3 Å². The third kappa shape index (κ3) is 2.09. The number of nitrogens with one attached hydrogen (secondary N) is 1. The largest absolute Gasteiger partial charge is 0.467 e. The number of furan rings is 1. The summed E-state index contributed by atoms with van der Waals surface area (Å²) in [6, 6.07) is 11.9. The van der Waals surface area contributed by atoms with Crippen molar-refractivity contribution >= 4 is 0 Å². The highest BCUT2D eigenvalue weighted by atomic mass is 16.3. The summed E-state index contributed by atoms with van der Waals surface area (Å²) in [6.45, 7) is 2.05. The predicted molar refractivity (Wildman–Crippen MR) is 59.1 cm³/mol. The Morgan fingerprint density at radius 3 is 2.73 bits per heavy atom. The minimum atomic E-state index is -0.0834. The summed E-state index contributed by atoms with van der Waals surface area (Å²) < 4.78 is 5.34. The van der Waals surface area contributed by atoms with E-state index in [1.165, 1.54) is 5.56 Å². The molecule has 2 rings (SSSR count). The van der Waals surface area contributed by atoms with Crippen molar-refractivity contribution in [3.8, 4) is 0 Å². The van der Waals surface area contributed by atoms with Crippen molar-refractivity contribution in [2.75, 3.05) is 0 Å². The lowest BCUT2D eigenvalue weighted by molar-refractivity contribution is 0.452. The van der Waals surface area contributed by atoms with E-state index in [4.69, 9.17) is 10.3 Å². The van der Waals surface area contributed by atoms with E-state index < -0.39 is 0 Å².